The van der Waals surface area contributed by atoms with Crippen LogP contribution in [-0.4, -0.2) is 31.0 Å². The van der Waals surface area contributed by atoms with Crippen LogP contribution in [0.3, 0.4) is 0 Å². The van der Waals surface area contributed by atoms with E-state index < -0.39 is 0 Å². The standard InChI is InChI=1S/C22H26N2O2/c1-26-21-7-3-4-17(15-21)8-9-22(25)24-12-10-19(11-13-24)20-6-2-5-18(14-20)16-23/h2-9,14-15,19H,10-13,16,23H2,1H3. The van der Waals surface area contributed by atoms with Crippen molar-refractivity contribution in [3.05, 3.63) is 71.3 Å². The van der Waals surface area contributed by atoms with Gasteiger partial charge in [-0.15, -0.1) is 0 Å². The molecule has 2 N–H and O–H groups in total. The number of nitrogens with two attached hydrogens (primary N) is 1. The summed E-state index contributed by atoms with van der Waals surface area (Å²) < 4.78 is 5.21. The average molecular weight is 350 g/mol. The highest BCUT2D eigenvalue weighted by Gasteiger charge is 2.22. The van der Waals surface area contributed by atoms with Crippen molar-refractivity contribution in [2.45, 2.75) is 25.3 Å². The van der Waals surface area contributed by atoms with Gasteiger partial charge in [-0.2, -0.15) is 0 Å². The first kappa shape index (κ1) is 18.2. The number of piperidine rings is 1. The Morgan fingerprint density at radius 3 is 2.69 bits per heavy atom. The lowest BCUT2D eigenvalue weighted by Crippen LogP contribution is -2.36. The first-order valence-corrected chi connectivity index (χ1v) is 9.09. The molecular formula is C22H26N2O2. The zero-order valence-corrected chi connectivity index (χ0v) is 15.2. The van der Waals surface area contributed by atoms with Gasteiger partial charge >= 0.3 is 0 Å². The third-order valence-electron chi connectivity index (χ3n) is 4.98. The van der Waals surface area contributed by atoms with Crippen molar-refractivity contribution in [2.24, 2.45) is 5.73 Å². The second-order valence-corrected chi connectivity index (χ2v) is 6.66. The molecule has 1 amide bonds. The molecule has 3 rings (SSSR count). The Balaban J connectivity index is 1.57. The van der Waals surface area contributed by atoms with Crippen LogP contribution in [0.5, 0.6) is 5.75 Å². The van der Waals surface area contributed by atoms with Gasteiger partial charge in [0.2, 0.25) is 5.91 Å². The van der Waals surface area contributed by atoms with Gasteiger partial charge in [0.05, 0.1) is 7.11 Å². The molecule has 2 aromatic carbocycles. The predicted octanol–water partition coefficient (Wildman–Crippen LogP) is 3.57. The van der Waals surface area contributed by atoms with Crippen LogP contribution >= 0.6 is 0 Å². The van der Waals surface area contributed by atoms with E-state index in [1.165, 1.54) is 11.1 Å². The van der Waals surface area contributed by atoms with Gasteiger partial charge in [-0.25, -0.2) is 0 Å². The second kappa shape index (κ2) is 8.68. The number of carbonyl (C=O) groups is 1. The van der Waals surface area contributed by atoms with Crippen molar-refractivity contribution in [3.63, 3.8) is 0 Å². The molecule has 4 nitrogen and oxygen atoms in total. The van der Waals surface area contributed by atoms with Gasteiger partial charge in [0.25, 0.3) is 0 Å². The van der Waals surface area contributed by atoms with E-state index in [4.69, 9.17) is 10.5 Å². The van der Waals surface area contributed by atoms with Crippen LogP contribution in [0, 0.1) is 0 Å². The first-order chi connectivity index (χ1) is 12.7. The van der Waals surface area contributed by atoms with Crippen molar-refractivity contribution < 1.29 is 9.53 Å². The number of benzene rings is 2. The van der Waals surface area contributed by atoms with Crippen molar-refractivity contribution in [3.8, 4) is 5.75 Å². The molecule has 0 saturated carbocycles. The Morgan fingerprint density at radius 1 is 1.19 bits per heavy atom. The van der Waals surface area contributed by atoms with E-state index in [9.17, 15) is 4.79 Å². The lowest BCUT2D eigenvalue weighted by Gasteiger charge is -2.31. The van der Waals surface area contributed by atoms with Gasteiger partial charge in [0.1, 0.15) is 5.75 Å². The summed E-state index contributed by atoms with van der Waals surface area (Å²) in [7, 11) is 1.64. The predicted molar refractivity (Wildman–Crippen MR) is 105 cm³/mol. The lowest BCUT2D eigenvalue weighted by molar-refractivity contribution is -0.126. The highest BCUT2D eigenvalue weighted by Crippen LogP contribution is 2.28. The fourth-order valence-corrected chi connectivity index (χ4v) is 3.43. The molecule has 0 spiro atoms. The summed E-state index contributed by atoms with van der Waals surface area (Å²) >= 11 is 0. The van der Waals surface area contributed by atoms with Crippen LogP contribution in [-0.2, 0) is 11.3 Å². The zero-order valence-electron chi connectivity index (χ0n) is 15.2. The van der Waals surface area contributed by atoms with Gasteiger partial charge in [0.15, 0.2) is 0 Å². The highest BCUT2D eigenvalue weighted by molar-refractivity contribution is 5.91. The van der Waals surface area contributed by atoms with E-state index in [1.807, 2.05) is 35.2 Å². The third-order valence-corrected chi connectivity index (χ3v) is 4.98. The van der Waals surface area contributed by atoms with Crippen LogP contribution in [0.25, 0.3) is 6.08 Å². The molecule has 26 heavy (non-hydrogen) atoms. The van der Waals surface area contributed by atoms with Crippen LogP contribution in [0.4, 0.5) is 0 Å². The summed E-state index contributed by atoms with van der Waals surface area (Å²) in [4.78, 5) is 14.4. The average Bonchev–Trinajstić information content (AvgIpc) is 2.72. The number of likely N-dealkylation sites (tertiary alicyclic amines) is 1. The van der Waals surface area contributed by atoms with Gasteiger partial charge in [0, 0.05) is 25.7 Å². The molecule has 0 unspecified atom stereocenters. The summed E-state index contributed by atoms with van der Waals surface area (Å²) in [6, 6.07) is 16.2. The minimum absolute atomic E-state index is 0.0713. The highest BCUT2D eigenvalue weighted by atomic mass is 16.5. The quantitative estimate of drug-likeness (QED) is 0.839. The molecule has 136 valence electrons. The van der Waals surface area contributed by atoms with Gasteiger partial charge in [-0.1, -0.05) is 36.4 Å². The van der Waals surface area contributed by atoms with Crippen LogP contribution in [0.1, 0.15) is 35.4 Å². The van der Waals surface area contributed by atoms with Gasteiger partial charge < -0.3 is 15.4 Å². The maximum atomic E-state index is 12.5. The molecule has 2 aromatic rings. The van der Waals surface area contributed by atoms with E-state index in [-0.39, 0.29) is 5.91 Å². The Hall–Kier alpha value is -2.59. The molecule has 0 bridgehead atoms. The van der Waals surface area contributed by atoms with Crippen molar-refractivity contribution in [2.75, 3.05) is 20.2 Å². The van der Waals surface area contributed by atoms with Gasteiger partial charge in [-0.05, 0) is 53.7 Å². The number of carbonyl (C=O) groups excluding carboxylic acids is 1. The Bertz CT molecular complexity index is 777. The normalized spacial score (nSPS) is 15.4. The number of amides is 1. The summed E-state index contributed by atoms with van der Waals surface area (Å²) in [6.07, 6.45) is 5.49. The zero-order chi connectivity index (χ0) is 18.4. The largest absolute Gasteiger partial charge is 0.497 e. The number of hydrogen-bond donors (Lipinski definition) is 1. The van der Waals surface area contributed by atoms with E-state index in [0.29, 0.717) is 12.5 Å². The molecular weight excluding hydrogens is 324 g/mol. The molecule has 1 aliphatic rings. The topological polar surface area (TPSA) is 55.6 Å². The van der Waals surface area contributed by atoms with E-state index in [2.05, 4.69) is 24.3 Å². The SMILES string of the molecule is COc1cccc(C=CC(=O)N2CCC(c3cccc(CN)c3)CC2)c1. The fraction of sp³-hybridized carbons (Fsp3) is 0.318. The molecule has 0 radical (unpaired) electrons. The Labute approximate surface area is 155 Å². The van der Waals surface area contributed by atoms with E-state index in [0.717, 1.165) is 37.2 Å². The Morgan fingerprint density at radius 2 is 1.96 bits per heavy atom. The molecule has 1 aliphatic heterocycles. The summed E-state index contributed by atoms with van der Waals surface area (Å²) in [5, 5.41) is 0. The van der Waals surface area contributed by atoms with Crippen molar-refractivity contribution >= 4 is 12.0 Å². The van der Waals surface area contributed by atoms with Crippen molar-refractivity contribution in [1.82, 2.24) is 4.90 Å². The molecule has 1 saturated heterocycles. The first-order valence-electron chi connectivity index (χ1n) is 9.09. The smallest absolute Gasteiger partial charge is 0.246 e. The molecule has 0 aliphatic carbocycles. The monoisotopic (exact) mass is 350 g/mol. The molecule has 1 fully saturated rings. The minimum atomic E-state index is 0.0713. The lowest BCUT2D eigenvalue weighted by atomic mass is 9.88. The van der Waals surface area contributed by atoms with Gasteiger partial charge in [-0.3, -0.25) is 4.79 Å². The van der Waals surface area contributed by atoms with E-state index in [1.54, 1.807) is 13.2 Å². The second-order valence-electron chi connectivity index (χ2n) is 6.66. The van der Waals surface area contributed by atoms with Crippen LogP contribution < -0.4 is 10.5 Å². The number of hydrogen-bond acceptors (Lipinski definition) is 3. The molecule has 0 atom stereocenters. The Kier molecular flexibility index (Phi) is 6.08. The third kappa shape index (κ3) is 4.52. The van der Waals surface area contributed by atoms with Crippen LogP contribution in [0.2, 0.25) is 0 Å². The maximum absolute atomic E-state index is 12.5. The number of nitrogens with zero attached hydrogens (tertiary/aromatic N) is 1. The van der Waals surface area contributed by atoms with E-state index >= 15 is 0 Å². The summed E-state index contributed by atoms with van der Waals surface area (Å²) in [6.45, 7) is 2.15. The minimum Gasteiger partial charge on any atom is -0.497 e. The maximum Gasteiger partial charge on any atom is 0.246 e. The molecule has 0 aromatic heterocycles. The van der Waals surface area contributed by atoms with Crippen LogP contribution in [0.15, 0.2) is 54.6 Å². The number of ether oxygens (including phenoxy) is 1. The van der Waals surface area contributed by atoms with Crippen molar-refractivity contribution in [1.29, 1.82) is 0 Å². The summed E-state index contributed by atoms with van der Waals surface area (Å²) in [5.41, 5.74) is 9.21. The number of rotatable bonds is 5. The molecule has 4 heteroatoms. The fourth-order valence-electron chi connectivity index (χ4n) is 3.43. The summed E-state index contributed by atoms with van der Waals surface area (Å²) in [5.74, 6) is 1.37. The number of methoxy groups -OCH3 is 1. The molecule has 1 heterocycles.